The van der Waals surface area contributed by atoms with E-state index in [1.54, 1.807) is 0 Å². The molecule has 0 saturated heterocycles. The molecule has 0 heterocycles. The fourth-order valence-electron chi connectivity index (χ4n) is 2.38. The van der Waals surface area contributed by atoms with Crippen LogP contribution in [0.5, 0.6) is 0 Å². The molecule has 0 aliphatic heterocycles. The zero-order chi connectivity index (χ0) is 12.5. The quantitative estimate of drug-likeness (QED) is 0.687. The van der Waals surface area contributed by atoms with E-state index in [-0.39, 0.29) is 12.6 Å². The Morgan fingerprint density at radius 2 is 2.00 bits per heavy atom. The fourth-order valence-corrected chi connectivity index (χ4v) is 2.38. The first kappa shape index (κ1) is 14.9. The molecule has 0 spiro atoms. The summed E-state index contributed by atoms with van der Waals surface area (Å²) in [5.74, 6) is 0.881. The van der Waals surface area contributed by atoms with Gasteiger partial charge in [0.1, 0.15) is 0 Å². The summed E-state index contributed by atoms with van der Waals surface area (Å²) in [7, 11) is 0. The topological polar surface area (TPSA) is 41.5 Å². The van der Waals surface area contributed by atoms with Crippen LogP contribution in [-0.4, -0.2) is 37.0 Å². The molecular weight excluding hydrogens is 214 g/mol. The molecule has 1 atom stereocenters. The third-order valence-electron chi connectivity index (χ3n) is 3.69. The molecule has 0 aromatic rings. The van der Waals surface area contributed by atoms with Crippen LogP contribution in [0.3, 0.4) is 0 Å². The van der Waals surface area contributed by atoms with E-state index in [9.17, 15) is 5.11 Å². The Kier molecular flexibility index (Phi) is 7.82. The average Bonchev–Trinajstić information content (AvgIpc) is 2.36. The Bertz CT molecular complexity index is 174. The Morgan fingerprint density at radius 3 is 2.59 bits per heavy atom. The lowest BCUT2D eigenvalue weighted by Gasteiger charge is -2.27. The molecule has 102 valence electrons. The van der Waals surface area contributed by atoms with Gasteiger partial charge in [0.25, 0.3) is 0 Å². The summed E-state index contributed by atoms with van der Waals surface area (Å²) in [6, 6.07) is 0.206. The third kappa shape index (κ3) is 6.39. The highest BCUT2D eigenvalue weighted by atomic mass is 16.5. The van der Waals surface area contributed by atoms with Crippen LogP contribution in [0, 0.1) is 5.92 Å². The van der Waals surface area contributed by atoms with E-state index in [4.69, 9.17) is 4.74 Å². The summed E-state index contributed by atoms with van der Waals surface area (Å²) in [6.07, 6.45) is 7.54. The van der Waals surface area contributed by atoms with Crippen LogP contribution < -0.4 is 5.32 Å². The monoisotopic (exact) mass is 243 g/mol. The summed E-state index contributed by atoms with van der Waals surface area (Å²) in [4.78, 5) is 0. The zero-order valence-corrected chi connectivity index (χ0v) is 11.5. The number of rotatable bonds is 8. The van der Waals surface area contributed by atoms with Gasteiger partial charge in [0.05, 0.1) is 12.7 Å². The smallest absolute Gasteiger partial charge is 0.0585 e. The van der Waals surface area contributed by atoms with E-state index in [2.05, 4.69) is 19.2 Å². The van der Waals surface area contributed by atoms with Crippen molar-refractivity contribution in [2.24, 2.45) is 5.92 Å². The molecule has 0 aromatic carbocycles. The third-order valence-corrected chi connectivity index (χ3v) is 3.69. The molecule has 3 nitrogen and oxygen atoms in total. The average molecular weight is 243 g/mol. The number of ether oxygens (including phenoxy) is 1. The van der Waals surface area contributed by atoms with Crippen molar-refractivity contribution in [3.63, 3.8) is 0 Å². The van der Waals surface area contributed by atoms with Crippen molar-refractivity contribution in [2.75, 3.05) is 19.8 Å². The molecule has 2 N–H and O–H groups in total. The molecule has 0 amide bonds. The second kappa shape index (κ2) is 8.90. The Labute approximate surface area is 106 Å². The maximum Gasteiger partial charge on any atom is 0.0585 e. The molecule has 0 bridgehead atoms. The molecule has 1 unspecified atom stereocenters. The largest absolute Gasteiger partial charge is 0.395 e. The normalized spacial score (nSPS) is 27.0. The maximum atomic E-state index is 9.21. The minimum absolute atomic E-state index is 0.206. The van der Waals surface area contributed by atoms with Crippen LogP contribution in [-0.2, 0) is 4.74 Å². The van der Waals surface area contributed by atoms with Gasteiger partial charge in [-0.2, -0.15) is 0 Å². The van der Waals surface area contributed by atoms with Crippen molar-refractivity contribution in [1.29, 1.82) is 0 Å². The number of nitrogens with one attached hydrogen (secondary N) is 1. The van der Waals surface area contributed by atoms with Gasteiger partial charge in [-0.05, 0) is 51.0 Å². The van der Waals surface area contributed by atoms with Crippen LogP contribution >= 0.6 is 0 Å². The van der Waals surface area contributed by atoms with Gasteiger partial charge >= 0.3 is 0 Å². The predicted molar refractivity (Wildman–Crippen MR) is 71.2 cm³/mol. The molecule has 1 saturated carbocycles. The summed E-state index contributed by atoms with van der Waals surface area (Å²) < 4.78 is 5.89. The Hall–Kier alpha value is -0.120. The minimum Gasteiger partial charge on any atom is -0.395 e. The highest BCUT2D eigenvalue weighted by Crippen LogP contribution is 2.25. The number of hydrogen-bond donors (Lipinski definition) is 2. The van der Waals surface area contributed by atoms with Gasteiger partial charge in [0, 0.05) is 12.6 Å². The van der Waals surface area contributed by atoms with Crippen LogP contribution in [0.4, 0.5) is 0 Å². The van der Waals surface area contributed by atoms with Gasteiger partial charge in [0.2, 0.25) is 0 Å². The summed E-state index contributed by atoms with van der Waals surface area (Å²) >= 11 is 0. The second-order valence-electron chi connectivity index (χ2n) is 5.37. The standard InChI is InChI=1S/C14H29NO2/c1-3-9-15-13(11-16)8-10-17-14-6-4-12(2)5-7-14/h12-16H,3-11H2,1-2H3. The van der Waals surface area contributed by atoms with E-state index in [0.717, 1.165) is 31.9 Å². The molecule has 17 heavy (non-hydrogen) atoms. The van der Waals surface area contributed by atoms with E-state index in [0.29, 0.717) is 6.10 Å². The van der Waals surface area contributed by atoms with E-state index in [1.807, 2.05) is 0 Å². The Morgan fingerprint density at radius 1 is 1.29 bits per heavy atom. The van der Waals surface area contributed by atoms with Crippen molar-refractivity contribution in [2.45, 2.75) is 64.5 Å². The molecule has 1 fully saturated rings. The highest BCUT2D eigenvalue weighted by molar-refractivity contribution is 4.71. The molecule has 3 heteroatoms. The lowest BCUT2D eigenvalue weighted by Crippen LogP contribution is -2.34. The molecule has 1 aliphatic carbocycles. The number of aliphatic hydroxyl groups is 1. The first-order valence-corrected chi connectivity index (χ1v) is 7.22. The van der Waals surface area contributed by atoms with Crippen LogP contribution in [0.2, 0.25) is 0 Å². The molecular formula is C14H29NO2. The van der Waals surface area contributed by atoms with Crippen molar-refractivity contribution in [3.8, 4) is 0 Å². The summed E-state index contributed by atoms with van der Waals surface area (Å²) in [6.45, 7) is 6.44. The van der Waals surface area contributed by atoms with Crippen LogP contribution in [0.1, 0.15) is 52.4 Å². The first-order valence-electron chi connectivity index (χ1n) is 7.22. The zero-order valence-electron chi connectivity index (χ0n) is 11.5. The van der Waals surface area contributed by atoms with Crippen molar-refractivity contribution in [1.82, 2.24) is 5.32 Å². The van der Waals surface area contributed by atoms with E-state index >= 15 is 0 Å². The number of aliphatic hydroxyl groups excluding tert-OH is 1. The fraction of sp³-hybridized carbons (Fsp3) is 1.00. The van der Waals surface area contributed by atoms with Crippen LogP contribution in [0.25, 0.3) is 0 Å². The molecule has 0 aromatic heterocycles. The van der Waals surface area contributed by atoms with Crippen molar-refractivity contribution < 1.29 is 9.84 Å². The number of hydrogen-bond acceptors (Lipinski definition) is 3. The van der Waals surface area contributed by atoms with Gasteiger partial charge in [-0.15, -0.1) is 0 Å². The summed E-state index contributed by atoms with van der Waals surface area (Å²) in [5, 5.41) is 12.5. The SMILES string of the molecule is CCCNC(CO)CCOC1CCC(C)CC1. The van der Waals surface area contributed by atoms with Gasteiger partial charge < -0.3 is 15.2 Å². The molecule has 0 radical (unpaired) electrons. The highest BCUT2D eigenvalue weighted by Gasteiger charge is 2.18. The molecule has 1 rings (SSSR count). The lowest BCUT2D eigenvalue weighted by molar-refractivity contribution is 0.0130. The van der Waals surface area contributed by atoms with Gasteiger partial charge in [-0.25, -0.2) is 0 Å². The van der Waals surface area contributed by atoms with Crippen LogP contribution in [0.15, 0.2) is 0 Å². The van der Waals surface area contributed by atoms with Gasteiger partial charge in [-0.3, -0.25) is 0 Å². The Balaban J connectivity index is 2.05. The van der Waals surface area contributed by atoms with Crippen molar-refractivity contribution >= 4 is 0 Å². The lowest BCUT2D eigenvalue weighted by atomic mass is 9.89. The second-order valence-corrected chi connectivity index (χ2v) is 5.37. The molecule has 1 aliphatic rings. The van der Waals surface area contributed by atoms with Gasteiger partial charge in [-0.1, -0.05) is 13.8 Å². The van der Waals surface area contributed by atoms with E-state index in [1.165, 1.54) is 25.7 Å². The summed E-state index contributed by atoms with van der Waals surface area (Å²) in [5.41, 5.74) is 0. The maximum absolute atomic E-state index is 9.21. The predicted octanol–water partition coefficient (Wildman–Crippen LogP) is 2.33. The first-order chi connectivity index (χ1) is 8.26. The van der Waals surface area contributed by atoms with Gasteiger partial charge in [0.15, 0.2) is 0 Å². The van der Waals surface area contributed by atoms with E-state index < -0.39 is 0 Å². The van der Waals surface area contributed by atoms with Crippen molar-refractivity contribution in [3.05, 3.63) is 0 Å². The minimum atomic E-state index is 0.206.